The molecule has 1 fully saturated rings. The van der Waals surface area contributed by atoms with Gasteiger partial charge in [-0.15, -0.1) is 0 Å². The lowest BCUT2D eigenvalue weighted by Gasteiger charge is -2.28. The topological polar surface area (TPSA) is 71.3 Å². The summed E-state index contributed by atoms with van der Waals surface area (Å²) in [5, 5.41) is 7.07. The number of nitrogens with one attached hydrogen (secondary N) is 1. The molecule has 1 amide bonds. The Morgan fingerprint density at radius 2 is 2.04 bits per heavy atom. The highest BCUT2D eigenvalue weighted by Crippen LogP contribution is 2.27. The summed E-state index contributed by atoms with van der Waals surface area (Å²) in [5.74, 6) is 1.38. The largest absolute Gasteiger partial charge is 0.355 e. The summed E-state index contributed by atoms with van der Waals surface area (Å²) in [6.45, 7) is 8.09. The van der Waals surface area contributed by atoms with E-state index in [4.69, 9.17) is 4.52 Å². The zero-order chi connectivity index (χ0) is 17.2. The Kier molecular flexibility index (Phi) is 4.66. The molecule has 0 aliphatic carbocycles. The highest BCUT2D eigenvalue weighted by Gasteiger charge is 2.28. The van der Waals surface area contributed by atoms with E-state index in [1.165, 1.54) is 0 Å². The predicted molar refractivity (Wildman–Crippen MR) is 90.2 cm³/mol. The fraction of sp³-hybridized carbons (Fsp3) is 0.500. The molecule has 1 aliphatic rings. The van der Waals surface area contributed by atoms with Gasteiger partial charge in [0.15, 0.2) is 5.82 Å². The van der Waals surface area contributed by atoms with E-state index in [9.17, 15) is 4.79 Å². The highest BCUT2D eigenvalue weighted by atomic mass is 16.5. The Balaban J connectivity index is 1.83. The minimum atomic E-state index is -0.166. The zero-order valence-electron chi connectivity index (χ0n) is 14.5. The van der Waals surface area contributed by atoms with Crippen LogP contribution in [0.1, 0.15) is 50.5 Å². The van der Waals surface area contributed by atoms with Gasteiger partial charge in [-0.25, -0.2) is 0 Å². The van der Waals surface area contributed by atoms with Crippen molar-refractivity contribution in [1.82, 2.24) is 20.4 Å². The maximum atomic E-state index is 12.0. The van der Waals surface area contributed by atoms with Crippen LogP contribution in [0.15, 0.2) is 34.9 Å². The lowest BCUT2D eigenvalue weighted by atomic mass is 9.97. The van der Waals surface area contributed by atoms with Gasteiger partial charge in [-0.1, -0.05) is 56.3 Å². The van der Waals surface area contributed by atoms with E-state index in [0.717, 1.165) is 12.1 Å². The summed E-state index contributed by atoms with van der Waals surface area (Å²) in [5.41, 5.74) is 0.967. The number of aromatic nitrogens is 2. The van der Waals surface area contributed by atoms with Crippen molar-refractivity contribution >= 4 is 5.91 Å². The first-order chi connectivity index (χ1) is 11.4. The normalized spacial score (nSPS) is 19.8. The number of rotatable bonds is 3. The van der Waals surface area contributed by atoms with Crippen LogP contribution < -0.4 is 5.32 Å². The molecule has 1 atom stereocenters. The van der Waals surface area contributed by atoms with Crippen LogP contribution in [0.25, 0.3) is 0 Å². The Hall–Kier alpha value is -2.21. The first-order valence-electron chi connectivity index (χ1n) is 8.32. The Bertz CT molecular complexity index is 691. The van der Waals surface area contributed by atoms with Crippen molar-refractivity contribution in [2.24, 2.45) is 0 Å². The van der Waals surface area contributed by atoms with Gasteiger partial charge in [0.2, 0.25) is 11.8 Å². The molecular formula is C18H24N4O2. The lowest BCUT2D eigenvalue weighted by molar-refractivity contribution is -0.121. The molecule has 2 aromatic rings. The molecule has 1 aromatic carbocycles. The third-order valence-corrected chi connectivity index (χ3v) is 4.18. The average Bonchev–Trinajstić information content (AvgIpc) is 2.94. The molecule has 3 rings (SSSR count). The van der Waals surface area contributed by atoms with Crippen LogP contribution in [0.4, 0.5) is 0 Å². The first kappa shape index (κ1) is 16.6. The lowest BCUT2D eigenvalue weighted by Crippen LogP contribution is -2.31. The van der Waals surface area contributed by atoms with Gasteiger partial charge in [0.05, 0.1) is 6.54 Å². The average molecular weight is 328 g/mol. The molecule has 0 saturated carbocycles. The summed E-state index contributed by atoms with van der Waals surface area (Å²) < 4.78 is 5.39. The van der Waals surface area contributed by atoms with Crippen molar-refractivity contribution in [2.45, 2.75) is 45.2 Å². The molecule has 1 saturated heterocycles. The smallest absolute Gasteiger partial charge is 0.232 e. The molecule has 6 nitrogen and oxygen atoms in total. The van der Waals surface area contributed by atoms with E-state index in [-0.39, 0.29) is 17.4 Å². The summed E-state index contributed by atoms with van der Waals surface area (Å²) >= 11 is 0. The van der Waals surface area contributed by atoms with Crippen LogP contribution in [0, 0.1) is 0 Å². The predicted octanol–water partition coefficient (Wildman–Crippen LogP) is 2.43. The van der Waals surface area contributed by atoms with Gasteiger partial charge < -0.3 is 9.84 Å². The number of hydrogen-bond donors (Lipinski definition) is 1. The quantitative estimate of drug-likeness (QED) is 0.937. The summed E-state index contributed by atoms with van der Waals surface area (Å²) in [6, 6.07) is 10.1. The molecule has 0 spiro atoms. The van der Waals surface area contributed by atoms with Crippen molar-refractivity contribution in [2.75, 3.05) is 13.1 Å². The molecule has 2 heterocycles. The summed E-state index contributed by atoms with van der Waals surface area (Å²) in [7, 11) is 0. The molecule has 1 N–H and O–H groups in total. The van der Waals surface area contributed by atoms with E-state index < -0.39 is 0 Å². The number of nitrogens with zero attached hydrogens (tertiary/aromatic N) is 3. The molecule has 0 radical (unpaired) electrons. The van der Waals surface area contributed by atoms with E-state index in [0.29, 0.717) is 31.2 Å². The van der Waals surface area contributed by atoms with Gasteiger partial charge in [-0.3, -0.25) is 9.69 Å². The Labute approximate surface area is 142 Å². The van der Waals surface area contributed by atoms with Crippen molar-refractivity contribution < 1.29 is 9.32 Å². The number of hydrogen-bond acceptors (Lipinski definition) is 5. The molecule has 0 bridgehead atoms. The van der Waals surface area contributed by atoms with Gasteiger partial charge in [-0.2, -0.15) is 4.98 Å². The Morgan fingerprint density at radius 1 is 1.29 bits per heavy atom. The van der Waals surface area contributed by atoms with Gasteiger partial charge in [-0.05, 0) is 5.56 Å². The van der Waals surface area contributed by atoms with Gasteiger partial charge in [0, 0.05) is 31.0 Å². The SMILES string of the molecule is CC(C)(C)c1nc(CN2CCNC(=O)CC2c2ccccc2)no1. The third kappa shape index (κ3) is 3.82. The van der Waals surface area contributed by atoms with Crippen molar-refractivity contribution in [3.8, 4) is 0 Å². The number of carbonyl (C=O) groups is 1. The van der Waals surface area contributed by atoms with Crippen LogP contribution in [0.5, 0.6) is 0 Å². The monoisotopic (exact) mass is 328 g/mol. The van der Waals surface area contributed by atoms with Crippen LogP contribution >= 0.6 is 0 Å². The van der Waals surface area contributed by atoms with Crippen LogP contribution in [-0.2, 0) is 16.8 Å². The molecule has 24 heavy (non-hydrogen) atoms. The van der Waals surface area contributed by atoms with E-state index in [2.05, 4.69) is 32.5 Å². The standard InChI is InChI=1S/C18H24N4O2/c1-18(2,3)17-20-15(21-24-17)12-22-10-9-19-16(23)11-14(22)13-7-5-4-6-8-13/h4-8,14H,9-12H2,1-3H3,(H,19,23). The summed E-state index contributed by atoms with van der Waals surface area (Å²) in [6.07, 6.45) is 0.438. The molecular weight excluding hydrogens is 304 g/mol. The van der Waals surface area contributed by atoms with Crippen LogP contribution in [-0.4, -0.2) is 34.0 Å². The Morgan fingerprint density at radius 3 is 2.71 bits per heavy atom. The molecule has 1 aromatic heterocycles. The van der Waals surface area contributed by atoms with Crippen molar-refractivity contribution in [3.63, 3.8) is 0 Å². The van der Waals surface area contributed by atoms with E-state index in [1.807, 2.05) is 39.0 Å². The van der Waals surface area contributed by atoms with Gasteiger partial charge in [0.25, 0.3) is 0 Å². The molecule has 6 heteroatoms. The second kappa shape index (κ2) is 6.73. The van der Waals surface area contributed by atoms with Gasteiger partial charge in [0.1, 0.15) is 0 Å². The fourth-order valence-corrected chi connectivity index (χ4v) is 2.87. The minimum Gasteiger partial charge on any atom is -0.355 e. The second-order valence-corrected chi connectivity index (χ2v) is 7.22. The maximum absolute atomic E-state index is 12.0. The number of carbonyl (C=O) groups excluding carboxylic acids is 1. The van der Waals surface area contributed by atoms with Crippen molar-refractivity contribution in [1.29, 1.82) is 0 Å². The van der Waals surface area contributed by atoms with Crippen molar-refractivity contribution in [3.05, 3.63) is 47.6 Å². The third-order valence-electron chi connectivity index (χ3n) is 4.18. The van der Waals surface area contributed by atoms with Crippen LogP contribution in [0.2, 0.25) is 0 Å². The summed E-state index contributed by atoms with van der Waals surface area (Å²) in [4.78, 5) is 18.8. The zero-order valence-corrected chi connectivity index (χ0v) is 14.5. The maximum Gasteiger partial charge on any atom is 0.232 e. The van der Waals surface area contributed by atoms with Crippen LogP contribution in [0.3, 0.4) is 0 Å². The number of benzene rings is 1. The minimum absolute atomic E-state index is 0.0188. The van der Waals surface area contributed by atoms with E-state index in [1.54, 1.807) is 0 Å². The van der Waals surface area contributed by atoms with E-state index >= 15 is 0 Å². The second-order valence-electron chi connectivity index (χ2n) is 7.22. The highest BCUT2D eigenvalue weighted by molar-refractivity contribution is 5.77. The molecule has 1 unspecified atom stereocenters. The number of amides is 1. The first-order valence-corrected chi connectivity index (χ1v) is 8.32. The fourth-order valence-electron chi connectivity index (χ4n) is 2.87. The van der Waals surface area contributed by atoms with Gasteiger partial charge >= 0.3 is 0 Å². The molecule has 1 aliphatic heterocycles. The molecule has 128 valence electrons.